The highest BCUT2D eigenvalue weighted by molar-refractivity contribution is 5.95. The Kier molecular flexibility index (Phi) is 5.79. The Balaban J connectivity index is 1.72. The molecule has 1 aromatic carbocycles. The molecule has 4 nitrogen and oxygen atoms in total. The fourth-order valence-corrected chi connectivity index (χ4v) is 3.68. The van der Waals surface area contributed by atoms with Crippen LogP contribution >= 0.6 is 0 Å². The molecule has 1 atom stereocenters. The number of amides is 1. The van der Waals surface area contributed by atoms with Crippen molar-refractivity contribution in [1.82, 2.24) is 9.88 Å². The largest absolute Gasteiger partial charge is 0.372 e. The van der Waals surface area contributed by atoms with Crippen LogP contribution in [0, 0.1) is 0 Å². The van der Waals surface area contributed by atoms with Gasteiger partial charge in [-0.15, -0.1) is 0 Å². The number of benzene rings is 1. The van der Waals surface area contributed by atoms with Gasteiger partial charge in [0, 0.05) is 42.8 Å². The molecule has 0 saturated carbocycles. The average Bonchev–Trinajstić information content (AvgIpc) is 3.33. The third-order valence-electron chi connectivity index (χ3n) is 5.14. The normalized spacial score (nSPS) is 17.0. The highest BCUT2D eigenvalue weighted by Crippen LogP contribution is 2.32. The minimum absolute atomic E-state index is 0.139. The van der Waals surface area contributed by atoms with Gasteiger partial charge >= 0.3 is 0 Å². The SMILES string of the molecule is CCCCN(CC)c1ccc(C(=O)N2CCCC2c2ccc[nH]2)cc1. The number of carbonyl (C=O) groups excluding carboxylic acids is 1. The summed E-state index contributed by atoms with van der Waals surface area (Å²) in [6, 6.07) is 12.4. The van der Waals surface area contributed by atoms with E-state index >= 15 is 0 Å². The van der Waals surface area contributed by atoms with Crippen LogP contribution in [-0.4, -0.2) is 35.4 Å². The highest BCUT2D eigenvalue weighted by Gasteiger charge is 2.31. The lowest BCUT2D eigenvalue weighted by Crippen LogP contribution is -2.30. The van der Waals surface area contributed by atoms with E-state index in [9.17, 15) is 4.79 Å². The van der Waals surface area contributed by atoms with Crippen molar-refractivity contribution in [2.45, 2.75) is 45.6 Å². The lowest BCUT2D eigenvalue weighted by atomic mass is 10.1. The minimum Gasteiger partial charge on any atom is -0.372 e. The number of hydrogen-bond donors (Lipinski definition) is 1. The van der Waals surface area contributed by atoms with E-state index in [0.717, 1.165) is 43.7 Å². The van der Waals surface area contributed by atoms with Crippen molar-refractivity contribution in [1.29, 1.82) is 0 Å². The van der Waals surface area contributed by atoms with Crippen LogP contribution in [0.3, 0.4) is 0 Å². The van der Waals surface area contributed by atoms with Crippen LogP contribution in [0.2, 0.25) is 0 Å². The zero-order chi connectivity index (χ0) is 17.6. The lowest BCUT2D eigenvalue weighted by Gasteiger charge is -2.25. The van der Waals surface area contributed by atoms with E-state index in [4.69, 9.17) is 0 Å². The number of nitrogens with zero attached hydrogens (tertiary/aromatic N) is 2. The maximum Gasteiger partial charge on any atom is 0.254 e. The Morgan fingerprint density at radius 3 is 2.68 bits per heavy atom. The topological polar surface area (TPSA) is 39.3 Å². The summed E-state index contributed by atoms with van der Waals surface area (Å²) in [5.41, 5.74) is 3.13. The van der Waals surface area contributed by atoms with Gasteiger partial charge in [-0.2, -0.15) is 0 Å². The summed E-state index contributed by atoms with van der Waals surface area (Å²) < 4.78 is 0. The molecule has 0 spiro atoms. The summed E-state index contributed by atoms with van der Waals surface area (Å²) >= 11 is 0. The van der Waals surface area contributed by atoms with Crippen LogP contribution in [0.25, 0.3) is 0 Å². The lowest BCUT2D eigenvalue weighted by molar-refractivity contribution is 0.0733. The number of hydrogen-bond acceptors (Lipinski definition) is 2. The molecule has 2 heterocycles. The van der Waals surface area contributed by atoms with Gasteiger partial charge in [0.25, 0.3) is 5.91 Å². The molecule has 2 aromatic rings. The standard InChI is InChI=1S/C21H29N3O/c1-3-5-15-23(4-2)18-12-10-17(11-13-18)21(25)24-16-7-9-20(24)19-8-6-14-22-19/h6,8,10-14,20,22H,3-5,7,9,15-16H2,1-2H3. The van der Waals surface area contributed by atoms with Crippen molar-refractivity contribution in [2.24, 2.45) is 0 Å². The summed E-state index contributed by atoms with van der Waals surface area (Å²) in [6.45, 7) is 7.30. The van der Waals surface area contributed by atoms with E-state index in [1.54, 1.807) is 0 Å². The molecule has 1 N–H and O–H groups in total. The predicted molar refractivity (Wildman–Crippen MR) is 103 cm³/mol. The Labute approximate surface area is 150 Å². The van der Waals surface area contributed by atoms with Crippen molar-refractivity contribution >= 4 is 11.6 Å². The molecule has 0 radical (unpaired) electrons. The first-order valence-electron chi connectivity index (χ1n) is 9.53. The summed E-state index contributed by atoms with van der Waals surface area (Å²) in [5.74, 6) is 0.139. The van der Waals surface area contributed by atoms with E-state index < -0.39 is 0 Å². The first-order valence-corrected chi connectivity index (χ1v) is 9.53. The number of likely N-dealkylation sites (tertiary alicyclic amines) is 1. The molecule has 1 unspecified atom stereocenters. The molecule has 25 heavy (non-hydrogen) atoms. The van der Waals surface area contributed by atoms with Crippen molar-refractivity contribution < 1.29 is 4.79 Å². The van der Waals surface area contributed by atoms with E-state index in [1.165, 1.54) is 18.5 Å². The van der Waals surface area contributed by atoms with Gasteiger partial charge < -0.3 is 14.8 Å². The van der Waals surface area contributed by atoms with Crippen LogP contribution in [-0.2, 0) is 0 Å². The Hall–Kier alpha value is -2.23. The zero-order valence-electron chi connectivity index (χ0n) is 15.4. The summed E-state index contributed by atoms with van der Waals surface area (Å²) in [7, 11) is 0. The first kappa shape index (κ1) is 17.6. The van der Waals surface area contributed by atoms with Gasteiger partial charge in [-0.25, -0.2) is 0 Å². The van der Waals surface area contributed by atoms with Crippen molar-refractivity contribution in [3.05, 3.63) is 53.9 Å². The van der Waals surface area contributed by atoms with E-state index in [2.05, 4.69) is 41.9 Å². The van der Waals surface area contributed by atoms with Gasteiger partial charge in [0.15, 0.2) is 0 Å². The van der Waals surface area contributed by atoms with E-state index in [0.29, 0.717) is 0 Å². The molecular formula is C21H29N3O. The third-order valence-corrected chi connectivity index (χ3v) is 5.14. The molecule has 3 rings (SSSR count). The van der Waals surface area contributed by atoms with Gasteiger partial charge in [0.2, 0.25) is 0 Å². The molecule has 0 aliphatic carbocycles. The maximum absolute atomic E-state index is 13.0. The Morgan fingerprint density at radius 1 is 1.24 bits per heavy atom. The molecule has 1 saturated heterocycles. The molecule has 1 fully saturated rings. The van der Waals surface area contributed by atoms with E-state index in [-0.39, 0.29) is 11.9 Å². The summed E-state index contributed by atoms with van der Waals surface area (Å²) in [4.78, 5) is 20.6. The van der Waals surface area contributed by atoms with Crippen LogP contribution in [0.5, 0.6) is 0 Å². The number of aromatic nitrogens is 1. The van der Waals surface area contributed by atoms with E-state index in [1.807, 2.05) is 29.3 Å². The van der Waals surface area contributed by atoms with Gasteiger partial charge in [-0.05, 0) is 62.6 Å². The predicted octanol–water partition coefficient (Wildman–Crippen LogP) is 4.62. The fourth-order valence-electron chi connectivity index (χ4n) is 3.68. The van der Waals surface area contributed by atoms with Crippen molar-refractivity contribution in [3.63, 3.8) is 0 Å². The quantitative estimate of drug-likeness (QED) is 0.799. The summed E-state index contributed by atoms with van der Waals surface area (Å²) in [6.07, 6.45) is 6.42. The number of anilines is 1. The highest BCUT2D eigenvalue weighted by atomic mass is 16.2. The second kappa shape index (κ2) is 8.24. The second-order valence-electron chi connectivity index (χ2n) is 6.76. The van der Waals surface area contributed by atoms with Gasteiger partial charge in [-0.3, -0.25) is 4.79 Å². The smallest absolute Gasteiger partial charge is 0.254 e. The molecule has 1 aliphatic heterocycles. The molecule has 1 aromatic heterocycles. The second-order valence-corrected chi connectivity index (χ2v) is 6.76. The van der Waals surface area contributed by atoms with Gasteiger partial charge in [0.05, 0.1) is 6.04 Å². The molecule has 0 bridgehead atoms. The first-order chi connectivity index (χ1) is 12.2. The monoisotopic (exact) mass is 339 g/mol. The number of unbranched alkanes of at least 4 members (excludes halogenated alkanes) is 1. The summed E-state index contributed by atoms with van der Waals surface area (Å²) in [5, 5.41) is 0. The van der Waals surface area contributed by atoms with Gasteiger partial charge in [0.1, 0.15) is 0 Å². The Bertz CT molecular complexity index is 663. The zero-order valence-corrected chi connectivity index (χ0v) is 15.4. The van der Waals surface area contributed by atoms with Crippen molar-refractivity contribution in [2.75, 3.05) is 24.5 Å². The number of rotatable bonds is 7. The van der Waals surface area contributed by atoms with Gasteiger partial charge in [-0.1, -0.05) is 13.3 Å². The van der Waals surface area contributed by atoms with Crippen LogP contribution in [0.1, 0.15) is 61.6 Å². The minimum atomic E-state index is 0.139. The molecular weight excluding hydrogens is 310 g/mol. The van der Waals surface area contributed by atoms with Crippen molar-refractivity contribution in [3.8, 4) is 0 Å². The van der Waals surface area contributed by atoms with Crippen LogP contribution in [0.15, 0.2) is 42.6 Å². The average molecular weight is 339 g/mol. The number of aromatic amines is 1. The Morgan fingerprint density at radius 2 is 2.04 bits per heavy atom. The molecule has 4 heteroatoms. The third kappa shape index (κ3) is 3.89. The fraction of sp³-hybridized carbons (Fsp3) is 0.476. The number of H-pyrrole nitrogens is 1. The van der Waals surface area contributed by atoms with Crippen LogP contribution < -0.4 is 4.90 Å². The molecule has 1 aliphatic rings. The maximum atomic E-state index is 13.0. The molecule has 134 valence electrons. The number of carbonyl (C=O) groups is 1. The molecule has 1 amide bonds. The van der Waals surface area contributed by atoms with Crippen LogP contribution in [0.4, 0.5) is 5.69 Å². The number of nitrogens with one attached hydrogen (secondary N) is 1.